The molecule has 1 N–H and O–H groups in total. The molecule has 0 aliphatic heterocycles. The lowest BCUT2D eigenvalue weighted by Gasteiger charge is -2.11. The zero-order valence-corrected chi connectivity index (χ0v) is 12.6. The molecule has 110 valence electrons. The Morgan fingerprint density at radius 1 is 1.19 bits per heavy atom. The number of nitrogens with zero attached hydrogens (tertiary/aromatic N) is 3. The van der Waals surface area contributed by atoms with Crippen LogP contribution in [0.15, 0.2) is 18.3 Å². The van der Waals surface area contributed by atoms with Crippen molar-refractivity contribution >= 4 is 11.6 Å². The highest BCUT2D eigenvalue weighted by molar-refractivity contribution is 5.73. The van der Waals surface area contributed by atoms with E-state index in [1.54, 1.807) is 0 Å². The van der Waals surface area contributed by atoms with Gasteiger partial charge in [-0.25, -0.2) is 9.97 Å². The molecule has 0 amide bonds. The van der Waals surface area contributed by atoms with Crippen LogP contribution in [0.5, 0.6) is 0 Å². The Labute approximate surface area is 123 Å². The van der Waals surface area contributed by atoms with Crippen LogP contribution in [0.25, 0.3) is 11.3 Å². The summed E-state index contributed by atoms with van der Waals surface area (Å²) in [6.45, 7) is 8.51. The molecular weight excluding hydrogens is 268 g/mol. The second kappa shape index (κ2) is 5.87. The lowest BCUT2D eigenvalue weighted by Crippen LogP contribution is -2.05. The highest BCUT2D eigenvalue weighted by Crippen LogP contribution is 2.32. The molecule has 1 heterocycles. The number of aromatic nitrogens is 2. The number of hydrogen-bond donors (Lipinski definition) is 1. The van der Waals surface area contributed by atoms with Gasteiger partial charge in [0.15, 0.2) is 5.69 Å². The van der Waals surface area contributed by atoms with Crippen LogP contribution in [-0.4, -0.2) is 21.4 Å². The molecule has 0 unspecified atom stereocenters. The van der Waals surface area contributed by atoms with Gasteiger partial charge in [0.25, 0.3) is 0 Å². The van der Waals surface area contributed by atoms with E-state index in [4.69, 9.17) is 0 Å². The van der Waals surface area contributed by atoms with Crippen molar-refractivity contribution in [3.05, 3.63) is 45.1 Å². The van der Waals surface area contributed by atoms with Gasteiger partial charge in [-0.3, -0.25) is 10.1 Å². The van der Waals surface area contributed by atoms with Gasteiger partial charge in [0.1, 0.15) is 6.20 Å². The molecule has 6 heteroatoms. The van der Waals surface area contributed by atoms with Gasteiger partial charge in [-0.2, -0.15) is 0 Å². The molecule has 0 radical (unpaired) electrons. The second-order valence-electron chi connectivity index (χ2n) is 4.97. The predicted molar refractivity (Wildman–Crippen MR) is 82.5 cm³/mol. The van der Waals surface area contributed by atoms with E-state index in [0.29, 0.717) is 18.2 Å². The Bertz CT molecular complexity index is 698. The Morgan fingerprint density at radius 3 is 2.48 bits per heavy atom. The van der Waals surface area contributed by atoms with Gasteiger partial charge >= 0.3 is 5.69 Å². The molecule has 0 atom stereocenters. The maximum atomic E-state index is 11.2. The van der Waals surface area contributed by atoms with Crippen LogP contribution in [0.3, 0.4) is 0 Å². The molecule has 0 bridgehead atoms. The molecule has 6 nitrogen and oxygen atoms in total. The monoisotopic (exact) mass is 286 g/mol. The summed E-state index contributed by atoms with van der Waals surface area (Å²) in [6, 6.07) is 3.96. The SMILES string of the molecule is CCNc1ncc([N+](=O)[O-])c(-c2cc(C)c(C)cc2C)n1. The molecule has 21 heavy (non-hydrogen) atoms. The average molecular weight is 286 g/mol. The Morgan fingerprint density at radius 2 is 1.86 bits per heavy atom. The largest absolute Gasteiger partial charge is 0.354 e. The highest BCUT2D eigenvalue weighted by atomic mass is 16.6. The van der Waals surface area contributed by atoms with Crippen molar-refractivity contribution in [1.82, 2.24) is 9.97 Å². The van der Waals surface area contributed by atoms with Crippen LogP contribution in [0.1, 0.15) is 23.6 Å². The third-order valence-corrected chi connectivity index (χ3v) is 3.40. The fourth-order valence-corrected chi connectivity index (χ4v) is 2.17. The normalized spacial score (nSPS) is 10.5. The first-order valence-corrected chi connectivity index (χ1v) is 6.77. The minimum absolute atomic E-state index is 0.0805. The van der Waals surface area contributed by atoms with Crippen LogP contribution in [-0.2, 0) is 0 Å². The number of rotatable bonds is 4. The maximum absolute atomic E-state index is 11.2. The Kier molecular flexibility index (Phi) is 4.16. The standard InChI is InChI=1S/C15H18N4O2/c1-5-16-15-17-8-13(19(20)21)14(18-15)12-7-10(3)9(2)6-11(12)4/h6-8H,5H2,1-4H3,(H,16,17,18). The zero-order chi connectivity index (χ0) is 15.6. The fourth-order valence-electron chi connectivity index (χ4n) is 2.17. The number of aryl methyl sites for hydroxylation is 3. The van der Waals surface area contributed by atoms with Crippen LogP contribution < -0.4 is 5.32 Å². The lowest BCUT2D eigenvalue weighted by atomic mass is 9.98. The first-order chi connectivity index (χ1) is 9.93. The number of nitrogens with one attached hydrogen (secondary N) is 1. The maximum Gasteiger partial charge on any atom is 0.313 e. The predicted octanol–water partition coefficient (Wildman–Crippen LogP) is 3.41. The number of hydrogen-bond acceptors (Lipinski definition) is 5. The quantitative estimate of drug-likeness (QED) is 0.688. The van der Waals surface area contributed by atoms with Gasteiger partial charge < -0.3 is 5.32 Å². The molecule has 0 saturated heterocycles. The summed E-state index contributed by atoms with van der Waals surface area (Å²) in [5.41, 5.74) is 4.23. The molecule has 1 aromatic carbocycles. The van der Waals surface area contributed by atoms with Crippen molar-refractivity contribution in [2.24, 2.45) is 0 Å². The van der Waals surface area contributed by atoms with Crippen LogP contribution in [0.2, 0.25) is 0 Å². The van der Waals surface area contributed by atoms with Gasteiger partial charge in [-0.15, -0.1) is 0 Å². The molecule has 1 aromatic heterocycles. The second-order valence-corrected chi connectivity index (χ2v) is 4.97. The first kappa shape index (κ1) is 14.9. The zero-order valence-electron chi connectivity index (χ0n) is 12.6. The van der Waals surface area contributed by atoms with Crippen molar-refractivity contribution in [2.75, 3.05) is 11.9 Å². The van der Waals surface area contributed by atoms with E-state index in [1.165, 1.54) is 6.20 Å². The van der Waals surface area contributed by atoms with Gasteiger partial charge in [0.2, 0.25) is 5.95 Å². The Hall–Kier alpha value is -2.50. The van der Waals surface area contributed by atoms with E-state index in [2.05, 4.69) is 15.3 Å². The molecule has 0 fully saturated rings. The van der Waals surface area contributed by atoms with Gasteiger partial charge in [0.05, 0.1) is 4.92 Å². The van der Waals surface area contributed by atoms with E-state index in [1.807, 2.05) is 39.8 Å². The van der Waals surface area contributed by atoms with Crippen molar-refractivity contribution < 1.29 is 4.92 Å². The van der Waals surface area contributed by atoms with Crippen molar-refractivity contribution in [2.45, 2.75) is 27.7 Å². The molecule has 0 saturated carbocycles. The van der Waals surface area contributed by atoms with Crippen LogP contribution in [0.4, 0.5) is 11.6 Å². The van der Waals surface area contributed by atoms with Gasteiger partial charge in [0, 0.05) is 12.1 Å². The summed E-state index contributed by atoms with van der Waals surface area (Å²) in [5.74, 6) is 0.399. The summed E-state index contributed by atoms with van der Waals surface area (Å²) in [6.07, 6.45) is 1.26. The third kappa shape index (κ3) is 2.99. The third-order valence-electron chi connectivity index (χ3n) is 3.40. The molecular formula is C15H18N4O2. The average Bonchev–Trinajstić information content (AvgIpc) is 2.43. The highest BCUT2D eigenvalue weighted by Gasteiger charge is 2.20. The fraction of sp³-hybridized carbons (Fsp3) is 0.333. The van der Waals surface area contributed by atoms with Crippen molar-refractivity contribution in [1.29, 1.82) is 0 Å². The summed E-state index contributed by atoms with van der Waals surface area (Å²) < 4.78 is 0. The Balaban J connectivity index is 2.68. The van der Waals surface area contributed by atoms with Crippen LogP contribution in [0, 0.1) is 30.9 Å². The topological polar surface area (TPSA) is 81.0 Å². The van der Waals surface area contributed by atoms with E-state index in [0.717, 1.165) is 22.3 Å². The van der Waals surface area contributed by atoms with E-state index < -0.39 is 4.92 Å². The molecule has 2 aromatic rings. The molecule has 2 rings (SSSR count). The molecule has 0 spiro atoms. The number of anilines is 1. The molecule has 0 aliphatic carbocycles. The van der Waals surface area contributed by atoms with Crippen LogP contribution >= 0.6 is 0 Å². The van der Waals surface area contributed by atoms with E-state index in [9.17, 15) is 10.1 Å². The molecule has 0 aliphatic rings. The summed E-state index contributed by atoms with van der Waals surface area (Å²) in [4.78, 5) is 19.1. The van der Waals surface area contributed by atoms with E-state index in [-0.39, 0.29) is 5.69 Å². The number of benzene rings is 1. The minimum atomic E-state index is -0.445. The van der Waals surface area contributed by atoms with E-state index >= 15 is 0 Å². The summed E-state index contributed by atoms with van der Waals surface area (Å²) in [7, 11) is 0. The first-order valence-electron chi connectivity index (χ1n) is 6.77. The summed E-state index contributed by atoms with van der Waals surface area (Å²) in [5, 5.41) is 14.2. The van der Waals surface area contributed by atoms with Crippen molar-refractivity contribution in [3.63, 3.8) is 0 Å². The smallest absolute Gasteiger partial charge is 0.313 e. The van der Waals surface area contributed by atoms with Gasteiger partial charge in [-0.05, 0) is 50.5 Å². The van der Waals surface area contributed by atoms with Crippen molar-refractivity contribution in [3.8, 4) is 11.3 Å². The summed E-state index contributed by atoms with van der Waals surface area (Å²) >= 11 is 0. The van der Waals surface area contributed by atoms with Gasteiger partial charge in [-0.1, -0.05) is 6.07 Å². The number of nitro groups is 1. The minimum Gasteiger partial charge on any atom is -0.354 e. The lowest BCUT2D eigenvalue weighted by molar-refractivity contribution is -0.384.